The molecule has 1 aliphatic rings. The highest BCUT2D eigenvalue weighted by Crippen LogP contribution is 2.16. The van der Waals surface area contributed by atoms with E-state index in [0.717, 1.165) is 18.8 Å². The fraction of sp³-hybridized carbons (Fsp3) is 0.500. The van der Waals surface area contributed by atoms with Gasteiger partial charge in [-0.05, 0) is 12.8 Å². The molecule has 1 saturated heterocycles. The molecule has 1 aromatic rings. The van der Waals surface area contributed by atoms with E-state index in [9.17, 15) is 4.79 Å². The first-order chi connectivity index (χ1) is 5.86. The monoisotopic (exact) mass is 165 g/mol. The lowest BCUT2D eigenvalue weighted by Gasteiger charge is -2.15. The van der Waals surface area contributed by atoms with E-state index in [4.69, 9.17) is 0 Å². The van der Waals surface area contributed by atoms with E-state index in [1.54, 1.807) is 12.3 Å². The van der Waals surface area contributed by atoms with Gasteiger partial charge in [-0.2, -0.15) is 5.10 Å². The van der Waals surface area contributed by atoms with E-state index in [1.807, 2.05) is 0 Å². The number of hydrogen-bond acceptors (Lipinski definition) is 3. The summed E-state index contributed by atoms with van der Waals surface area (Å²) in [5, 5.41) is 6.11. The Hall–Kier alpha value is -1.32. The lowest BCUT2D eigenvalue weighted by atomic mass is 10.4. The van der Waals surface area contributed by atoms with Crippen molar-refractivity contribution < 1.29 is 0 Å². The van der Waals surface area contributed by atoms with E-state index < -0.39 is 0 Å². The van der Waals surface area contributed by atoms with Crippen molar-refractivity contribution in [2.24, 2.45) is 0 Å². The molecule has 0 aliphatic carbocycles. The van der Waals surface area contributed by atoms with Crippen LogP contribution in [0.3, 0.4) is 0 Å². The van der Waals surface area contributed by atoms with Crippen LogP contribution in [0.25, 0.3) is 0 Å². The van der Waals surface area contributed by atoms with Gasteiger partial charge in [0.05, 0.1) is 11.9 Å². The van der Waals surface area contributed by atoms with Gasteiger partial charge in [0, 0.05) is 19.2 Å². The molecule has 4 heteroatoms. The summed E-state index contributed by atoms with van der Waals surface area (Å²) < 4.78 is 0. The second kappa shape index (κ2) is 2.97. The van der Waals surface area contributed by atoms with Crippen molar-refractivity contribution in [3.05, 3.63) is 22.6 Å². The molecule has 64 valence electrons. The van der Waals surface area contributed by atoms with Gasteiger partial charge >= 0.3 is 0 Å². The Kier molecular flexibility index (Phi) is 1.81. The minimum atomic E-state index is -0.126. The van der Waals surface area contributed by atoms with Crippen molar-refractivity contribution in [3.8, 4) is 0 Å². The average molecular weight is 165 g/mol. The summed E-state index contributed by atoms with van der Waals surface area (Å²) in [6.07, 6.45) is 4.13. The quantitative estimate of drug-likeness (QED) is 0.654. The van der Waals surface area contributed by atoms with Gasteiger partial charge in [-0.25, -0.2) is 5.10 Å². The van der Waals surface area contributed by atoms with Crippen LogP contribution in [0.5, 0.6) is 0 Å². The number of hydrogen-bond donors (Lipinski definition) is 1. The first-order valence-electron chi connectivity index (χ1n) is 4.16. The van der Waals surface area contributed by atoms with Crippen molar-refractivity contribution in [3.63, 3.8) is 0 Å². The van der Waals surface area contributed by atoms with Gasteiger partial charge in [-0.15, -0.1) is 0 Å². The lowest BCUT2D eigenvalue weighted by Crippen LogP contribution is -2.20. The fourth-order valence-electron chi connectivity index (χ4n) is 1.51. The molecular weight excluding hydrogens is 154 g/mol. The third-order valence-corrected chi connectivity index (χ3v) is 2.12. The Morgan fingerprint density at radius 3 is 2.83 bits per heavy atom. The number of H-pyrrole nitrogens is 1. The van der Waals surface area contributed by atoms with Crippen LogP contribution in [-0.2, 0) is 0 Å². The third-order valence-electron chi connectivity index (χ3n) is 2.12. The zero-order valence-electron chi connectivity index (χ0n) is 6.79. The van der Waals surface area contributed by atoms with Gasteiger partial charge in [-0.1, -0.05) is 0 Å². The Balaban J connectivity index is 2.27. The zero-order chi connectivity index (χ0) is 8.39. The third kappa shape index (κ3) is 1.32. The molecular formula is C8H11N3O. The molecule has 0 saturated carbocycles. The van der Waals surface area contributed by atoms with Crippen molar-refractivity contribution in [2.75, 3.05) is 18.0 Å². The second-order valence-corrected chi connectivity index (χ2v) is 3.00. The minimum absolute atomic E-state index is 0.126. The Bertz CT molecular complexity index is 314. The normalized spacial score (nSPS) is 16.8. The summed E-state index contributed by atoms with van der Waals surface area (Å²) in [6.45, 7) is 2.09. The number of aromatic nitrogens is 2. The highest BCUT2D eigenvalue weighted by Gasteiger charge is 2.12. The molecule has 0 unspecified atom stereocenters. The fourth-order valence-corrected chi connectivity index (χ4v) is 1.51. The summed E-state index contributed by atoms with van der Waals surface area (Å²) >= 11 is 0. The van der Waals surface area contributed by atoms with Crippen LogP contribution < -0.4 is 10.5 Å². The molecule has 0 atom stereocenters. The van der Waals surface area contributed by atoms with Gasteiger partial charge in [0.15, 0.2) is 0 Å². The molecule has 0 amide bonds. The molecule has 2 heterocycles. The maximum absolute atomic E-state index is 10.9. The molecule has 0 radical (unpaired) electrons. The molecule has 1 fully saturated rings. The average Bonchev–Trinajstić information content (AvgIpc) is 2.56. The smallest absolute Gasteiger partial charge is 0.266 e. The van der Waals surface area contributed by atoms with E-state index in [-0.39, 0.29) is 5.56 Å². The van der Waals surface area contributed by atoms with Crippen molar-refractivity contribution in [1.29, 1.82) is 0 Å². The highest BCUT2D eigenvalue weighted by molar-refractivity contribution is 5.43. The molecule has 1 N–H and O–H groups in total. The standard InChI is InChI=1S/C8H11N3O/c12-8-5-7(6-9-10-8)11-3-1-2-4-11/h5-6H,1-4H2,(H,10,12). The second-order valence-electron chi connectivity index (χ2n) is 3.00. The first-order valence-corrected chi connectivity index (χ1v) is 4.16. The maximum atomic E-state index is 10.9. The summed E-state index contributed by atoms with van der Waals surface area (Å²) in [7, 11) is 0. The number of anilines is 1. The van der Waals surface area contributed by atoms with Gasteiger partial charge in [-0.3, -0.25) is 4.79 Å². The maximum Gasteiger partial charge on any atom is 0.266 e. The van der Waals surface area contributed by atoms with Crippen molar-refractivity contribution in [1.82, 2.24) is 10.2 Å². The predicted octanol–water partition coefficient (Wildman–Crippen LogP) is 0.370. The van der Waals surface area contributed by atoms with Crippen LogP contribution in [0.1, 0.15) is 12.8 Å². The summed E-state index contributed by atoms with van der Waals surface area (Å²) in [6, 6.07) is 1.60. The first kappa shape index (κ1) is 7.34. The molecule has 4 nitrogen and oxygen atoms in total. The summed E-state index contributed by atoms with van der Waals surface area (Å²) in [4.78, 5) is 13.1. The molecule has 12 heavy (non-hydrogen) atoms. The summed E-state index contributed by atoms with van der Waals surface area (Å²) in [5.74, 6) is 0. The van der Waals surface area contributed by atoms with Crippen LogP contribution in [-0.4, -0.2) is 23.3 Å². The number of rotatable bonds is 1. The zero-order valence-corrected chi connectivity index (χ0v) is 6.79. The number of aromatic amines is 1. The number of nitrogens with one attached hydrogen (secondary N) is 1. The van der Waals surface area contributed by atoms with E-state index in [1.165, 1.54) is 12.8 Å². The molecule has 0 bridgehead atoms. The SMILES string of the molecule is O=c1cc(N2CCCC2)cn[nH]1. The molecule has 1 aromatic heterocycles. The highest BCUT2D eigenvalue weighted by atomic mass is 16.1. The molecule has 0 spiro atoms. The van der Waals surface area contributed by atoms with Gasteiger partial charge in [0.25, 0.3) is 5.56 Å². The Morgan fingerprint density at radius 1 is 1.42 bits per heavy atom. The molecule has 1 aliphatic heterocycles. The summed E-state index contributed by atoms with van der Waals surface area (Å²) in [5.41, 5.74) is 0.815. The Labute approximate surface area is 70.2 Å². The van der Waals surface area contributed by atoms with Gasteiger partial charge in [0.2, 0.25) is 0 Å². The largest absolute Gasteiger partial charge is 0.370 e. The minimum Gasteiger partial charge on any atom is -0.370 e. The van der Waals surface area contributed by atoms with Crippen LogP contribution in [0.4, 0.5) is 5.69 Å². The van der Waals surface area contributed by atoms with E-state index in [2.05, 4.69) is 15.1 Å². The Morgan fingerprint density at radius 2 is 2.17 bits per heavy atom. The van der Waals surface area contributed by atoms with Gasteiger partial charge in [0.1, 0.15) is 0 Å². The van der Waals surface area contributed by atoms with Crippen molar-refractivity contribution >= 4 is 5.69 Å². The van der Waals surface area contributed by atoms with Crippen molar-refractivity contribution in [2.45, 2.75) is 12.8 Å². The van der Waals surface area contributed by atoms with E-state index >= 15 is 0 Å². The number of nitrogens with zero attached hydrogens (tertiary/aromatic N) is 2. The van der Waals surface area contributed by atoms with Crippen LogP contribution in [0.15, 0.2) is 17.1 Å². The lowest BCUT2D eigenvalue weighted by molar-refractivity contribution is 0.921. The predicted molar refractivity (Wildman–Crippen MR) is 46.3 cm³/mol. The van der Waals surface area contributed by atoms with Crippen LogP contribution in [0, 0.1) is 0 Å². The van der Waals surface area contributed by atoms with Crippen LogP contribution in [0.2, 0.25) is 0 Å². The van der Waals surface area contributed by atoms with Gasteiger partial charge < -0.3 is 4.90 Å². The topological polar surface area (TPSA) is 49.0 Å². The molecule has 0 aromatic carbocycles. The van der Waals surface area contributed by atoms with Crippen LogP contribution >= 0.6 is 0 Å². The molecule has 2 rings (SSSR count). The van der Waals surface area contributed by atoms with E-state index in [0.29, 0.717) is 0 Å².